The van der Waals surface area contributed by atoms with Crippen LogP contribution in [0.25, 0.3) is 0 Å². The molecule has 6 nitrogen and oxygen atoms in total. The highest BCUT2D eigenvalue weighted by Crippen LogP contribution is 2.39. The Labute approximate surface area is 148 Å². The number of rotatable bonds is 5. The summed E-state index contributed by atoms with van der Waals surface area (Å²) in [5, 5.41) is 0. The summed E-state index contributed by atoms with van der Waals surface area (Å²) in [5.41, 5.74) is 3.19. The average Bonchev–Trinajstić information content (AvgIpc) is 3.45. The van der Waals surface area contributed by atoms with E-state index in [1.165, 1.54) is 12.8 Å². The Morgan fingerprint density at radius 1 is 1.00 bits per heavy atom. The van der Waals surface area contributed by atoms with Crippen LogP contribution in [0.2, 0.25) is 0 Å². The van der Waals surface area contributed by atoms with Crippen molar-refractivity contribution in [3.05, 3.63) is 35.5 Å². The summed E-state index contributed by atoms with van der Waals surface area (Å²) >= 11 is 0. The van der Waals surface area contributed by atoms with Crippen molar-refractivity contribution in [1.82, 2.24) is 19.9 Å². The molecule has 0 N–H and O–H groups in total. The number of anilines is 1. The molecule has 0 radical (unpaired) electrons. The van der Waals surface area contributed by atoms with Crippen LogP contribution in [0.15, 0.2) is 18.5 Å². The zero-order valence-electron chi connectivity index (χ0n) is 15.0. The van der Waals surface area contributed by atoms with Crippen molar-refractivity contribution < 1.29 is 4.74 Å². The van der Waals surface area contributed by atoms with Gasteiger partial charge in [0.15, 0.2) is 0 Å². The first-order valence-corrected chi connectivity index (χ1v) is 9.19. The van der Waals surface area contributed by atoms with Crippen LogP contribution in [0, 0.1) is 19.8 Å². The maximum atomic E-state index is 5.94. The first-order valence-electron chi connectivity index (χ1n) is 9.19. The van der Waals surface area contributed by atoms with Crippen LogP contribution >= 0.6 is 0 Å². The molecule has 2 aromatic rings. The lowest BCUT2D eigenvalue weighted by Gasteiger charge is -2.32. The quantitative estimate of drug-likeness (QED) is 0.834. The number of ether oxygens (including phenoxy) is 1. The molecule has 1 saturated heterocycles. The van der Waals surface area contributed by atoms with Crippen LogP contribution in [0.1, 0.15) is 48.7 Å². The SMILES string of the molecule is Cc1cc(C)nc(N2CCC(COc3cc(C4CC4)ncn3)CC2)n1. The third-order valence-electron chi connectivity index (χ3n) is 4.99. The molecule has 2 aliphatic rings. The van der Waals surface area contributed by atoms with E-state index in [-0.39, 0.29) is 0 Å². The summed E-state index contributed by atoms with van der Waals surface area (Å²) in [4.78, 5) is 20.0. The van der Waals surface area contributed by atoms with Crippen LogP contribution in [0.3, 0.4) is 0 Å². The molecule has 0 aromatic carbocycles. The molecule has 0 bridgehead atoms. The molecule has 2 aromatic heterocycles. The fourth-order valence-electron chi connectivity index (χ4n) is 3.39. The Morgan fingerprint density at radius 2 is 1.72 bits per heavy atom. The number of nitrogens with zero attached hydrogens (tertiary/aromatic N) is 5. The number of hydrogen-bond acceptors (Lipinski definition) is 6. The van der Waals surface area contributed by atoms with Gasteiger partial charge in [-0.2, -0.15) is 0 Å². The number of piperidine rings is 1. The summed E-state index contributed by atoms with van der Waals surface area (Å²) in [6.07, 6.45) is 6.31. The van der Waals surface area contributed by atoms with Gasteiger partial charge in [-0.05, 0) is 51.5 Å². The number of aryl methyl sites for hydroxylation is 2. The highest BCUT2D eigenvalue weighted by molar-refractivity contribution is 5.32. The molecule has 0 amide bonds. The summed E-state index contributed by atoms with van der Waals surface area (Å²) in [7, 11) is 0. The summed E-state index contributed by atoms with van der Waals surface area (Å²) in [6, 6.07) is 4.03. The lowest BCUT2D eigenvalue weighted by molar-refractivity contribution is 0.215. The van der Waals surface area contributed by atoms with Crippen molar-refractivity contribution in [2.45, 2.75) is 45.4 Å². The summed E-state index contributed by atoms with van der Waals surface area (Å²) < 4.78 is 5.94. The van der Waals surface area contributed by atoms with E-state index in [0.29, 0.717) is 11.8 Å². The van der Waals surface area contributed by atoms with E-state index in [4.69, 9.17) is 4.74 Å². The number of hydrogen-bond donors (Lipinski definition) is 0. The van der Waals surface area contributed by atoms with Crippen LogP contribution in [0.4, 0.5) is 5.95 Å². The lowest BCUT2D eigenvalue weighted by atomic mass is 9.98. The predicted molar refractivity (Wildman–Crippen MR) is 95.9 cm³/mol. The van der Waals surface area contributed by atoms with Gasteiger partial charge in [-0.25, -0.2) is 19.9 Å². The van der Waals surface area contributed by atoms with Gasteiger partial charge in [0.1, 0.15) is 6.33 Å². The van der Waals surface area contributed by atoms with E-state index in [0.717, 1.165) is 61.4 Å². The van der Waals surface area contributed by atoms with Crippen LogP contribution < -0.4 is 9.64 Å². The van der Waals surface area contributed by atoms with Crippen molar-refractivity contribution in [3.8, 4) is 5.88 Å². The van der Waals surface area contributed by atoms with Crippen molar-refractivity contribution in [3.63, 3.8) is 0 Å². The first-order chi connectivity index (χ1) is 12.2. The van der Waals surface area contributed by atoms with E-state index < -0.39 is 0 Å². The van der Waals surface area contributed by atoms with Gasteiger partial charge in [-0.3, -0.25) is 0 Å². The maximum absolute atomic E-state index is 5.94. The van der Waals surface area contributed by atoms with E-state index in [9.17, 15) is 0 Å². The molecular weight excluding hydrogens is 314 g/mol. The molecule has 0 atom stereocenters. The third-order valence-corrected chi connectivity index (χ3v) is 4.99. The predicted octanol–water partition coefficient (Wildman–Crippen LogP) is 3.06. The van der Waals surface area contributed by atoms with Gasteiger partial charge in [0.25, 0.3) is 0 Å². The molecule has 4 rings (SSSR count). The van der Waals surface area contributed by atoms with Crippen LogP contribution in [-0.2, 0) is 0 Å². The van der Waals surface area contributed by atoms with Crippen LogP contribution in [-0.4, -0.2) is 39.6 Å². The monoisotopic (exact) mass is 339 g/mol. The zero-order valence-corrected chi connectivity index (χ0v) is 15.0. The van der Waals surface area contributed by atoms with Gasteiger partial charge in [-0.1, -0.05) is 0 Å². The smallest absolute Gasteiger partial charge is 0.225 e. The van der Waals surface area contributed by atoms with Gasteiger partial charge < -0.3 is 9.64 Å². The second-order valence-electron chi connectivity index (χ2n) is 7.25. The van der Waals surface area contributed by atoms with Crippen molar-refractivity contribution in [2.24, 2.45) is 5.92 Å². The van der Waals surface area contributed by atoms with Gasteiger partial charge in [0, 0.05) is 36.5 Å². The minimum atomic E-state index is 0.557. The Morgan fingerprint density at radius 3 is 2.40 bits per heavy atom. The molecule has 1 aliphatic heterocycles. The van der Waals surface area contributed by atoms with E-state index in [1.807, 2.05) is 26.0 Å². The Hall–Kier alpha value is -2.24. The van der Waals surface area contributed by atoms with Gasteiger partial charge in [0.05, 0.1) is 12.3 Å². The molecule has 132 valence electrons. The third kappa shape index (κ3) is 4.06. The van der Waals surface area contributed by atoms with Gasteiger partial charge in [0.2, 0.25) is 11.8 Å². The average molecular weight is 339 g/mol. The Balaban J connectivity index is 1.29. The Bertz CT molecular complexity index is 718. The fourth-order valence-corrected chi connectivity index (χ4v) is 3.39. The molecule has 6 heteroatoms. The second-order valence-corrected chi connectivity index (χ2v) is 7.25. The largest absolute Gasteiger partial charge is 0.477 e. The molecular formula is C19H25N5O. The molecule has 0 unspecified atom stereocenters. The molecule has 3 heterocycles. The fraction of sp³-hybridized carbons (Fsp3) is 0.579. The highest BCUT2D eigenvalue weighted by atomic mass is 16.5. The van der Waals surface area contributed by atoms with Gasteiger partial charge in [-0.15, -0.1) is 0 Å². The highest BCUT2D eigenvalue weighted by Gasteiger charge is 2.26. The lowest BCUT2D eigenvalue weighted by Crippen LogP contribution is -2.36. The molecule has 25 heavy (non-hydrogen) atoms. The normalized spacial score (nSPS) is 18.4. The zero-order chi connectivity index (χ0) is 17.2. The summed E-state index contributed by atoms with van der Waals surface area (Å²) in [6.45, 7) is 6.73. The molecule has 2 fully saturated rings. The van der Waals surface area contributed by atoms with Crippen molar-refractivity contribution in [1.29, 1.82) is 0 Å². The number of aromatic nitrogens is 4. The van der Waals surface area contributed by atoms with Crippen molar-refractivity contribution in [2.75, 3.05) is 24.6 Å². The molecule has 1 saturated carbocycles. The van der Waals surface area contributed by atoms with E-state index >= 15 is 0 Å². The van der Waals surface area contributed by atoms with E-state index in [2.05, 4.69) is 24.8 Å². The van der Waals surface area contributed by atoms with Crippen molar-refractivity contribution >= 4 is 5.95 Å². The van der Waals surface area contributed by atoms with E-state index in [1.54, 1.807) is 6.33 Å². The topological polar surface area (TPSA) is 64.0 Å². The molecule has 1 aliphatic carbocycles. The molecule has 0 spiro atoms. The summed E-state index contributed by atoms with van der Waals surface area (Å²) in [5.74, 6) is 2.77. The minimum Gasteiger partial charge on any atom is -0.477 e. The maximum Gasteiger partial charge on any atom is 0.225 e. The minimum absolute atomic E-state index is 0.557. The second kappa shape index (κ2) is 6.94. The first kappa shape index (κ1) is 16.2. The standard InChI is InChI=1S/C19H25N5O/c1-13-9-14(2)23-19(22-13)24-7-5-15(6-8-24)11-25-18-10-17(16-3-4-16)20-12-21-18/h9-10,12,15-16H,3-8,11H2,1-2H3. The van der Waals surface area contributed by atoms with Crippen LogP contribution in [0.5, 0.6) is 5.88 Å². The van der Waals surface area contributed by atoms with Gasteiger partial charge >= 0.3 is 0 Å². The Kier molecular flexibility index (Phi) is 4.51.